The van der Waals surface area contributed by atoms with Crippen molar-refractivity contribution in [1.82, 2.24) is 14.9 Å². The molecule has 1 atom stereocenters. The molecule has 6 heteroatoms. The van der Waals surface area contributed by atoms with Crippen LogP contribution in [0.5, 0.6) is 0 Å². The van der Waals surface area contributed by atoms with E-state index in [-0.39, 0.29) is 28.5 Å². The van der Waals surface area contributed by atoms with Crippen molar-refractivity contribution in [2.24, 2.45) is 0 Å². The summed E-state index contributed by atoms with van der Waals surface area (Å²) in [6, 6.07) is 17.5. The minimum absolute atomic E-state index is 0.0248. The molecule has 1 fully saturated rings. The van der Waals surface area contributed by atoms with E-state index in [4.69, 9.17) is 4.74 Å². The van der Waals surface area contributed by atoms with Gasteiger partial charge in [-0.05, 0) is 64.2 Å². The second-order valence-electron chi connectivity index (χ2n) is 9.64. The molecule has 0 aliphatic carbocycles. The smallest absolute Gasteiger partial charge is 0.257 e. The number of pyridine rings is 2. The van der Waals surface area contributed by atoms with Gasteiger partial charge < -0.3 is 14.6 Å². The average molecular weight is 460 g/mol. The van der Waals surface area contributed by atoms with Crippen molar-refractivity contribution in [3.63, 3.8) is 0 Å². The maximum Gasteiger partial charge on any atom is 0.257 e. The molecular formula is C28H33N3O3. The zero-order chi connectivity index (χ0) is 24.1. The van der Waals surface area contributed by atoms with Gasteiger partial charge in [-0.3, -0.25) is 14.6 Å². The lowest BCUT2D eigenvalue weighted by Crippen LogP contribution is -2.47. The molecule has 0 bridgehead atoms. The Hall–Kier alpha value is -3.25. The van der Waals surface area contributed by atoms with Gasteiger partial charge in [-0.15, -0.1) is 0 Å². The topological polar surface area (TPSA) is 73.2 Å². The van der Waals surface area contributed by atoms with Crippen LogP contribution in [0.4, 0.5) is 0 Å². The minimum atomic E-state index is -0.300. The fourth-order valence-electron chi connectivity index (χ4n) is 4.73. The van der Waals surface area contributed by atoms with Crippen molar-refractivity contribution >= 4 is 5.91 Å². The normalized spacial score (nSPS) is 17.3. The van der Waals surface area contributed by atoms with Crippen LogP contribution in [0.1, 0.15) is 59.7 Å². The van der Waals surface area contributed by atoms with Crippen LogP contribution in [0, 0.1) is 6.92 Å². The van der Waals surface area contributed by atoms with Gasteiger partial charge in [0.05, 0.1) is 17.8 Å². The van der Waals surface area contributed by atoms with E-state index < -0.39 is 0 Å². The van der Waals surface area contributed by atoms with Gasteiger partial charge in [-0.1, -0.05) is 36.4 Å². The third-order valence-corrected chi connectivity index (χ3v) is 6.43. The number of carbonyl (C=O) groups is 1. The number of nitrogens with zero attached hydrogens (tertiary/aromatic N) is 2. The summed E-state index contributed by atoms with van der Waals surface area (Å²) >= 11 is 0. The summed E-state index contributed by atoms with van der Waals surface area (Å²) in [6.07, 6.45) is 4.53. The van der Waals surface area contributed by atoms with Gasteiger partial charge in [0.25, 0.3) is 5.91 Å². The van der Waals surface area contributed by atoms with Gasteiger partial charge in [0.15, 0.2) is 5.43 Å². The Bertz CT molecular complexity index is 1190. The van der Waals surface area contributed by atoms with Gasteiger partial charge in [0.1, 0.15) is 5.56 Å². The molecule has 4 rings (SSSR count). The Balaban J connectivity index is 1.70. The van der Waals surface area contributed by atoms with Crippen molar-refractivity contribution in [2.45, 2.75) is 64.6 Å². The van der Waals surface area contributed by atoms with Gasteiger partial charge in [0, 0.05) is 36.3 Å². The summed E-state index contributed by atoms with van der Waals surface area (Å²) in [4.78, 5) is 31.2. The Morgan fingerprint density at radius 3 is 2.62 bits per heavy atom. The molecule has 0 saturated carbocycles. The van der Waals surface area contributed by atoms with E-state index in [1.807, 2.05) is 57.2 Å². The molecule has 1 N–H and O–H groups in total. The summed E-state index contributed by atoms with van der Waals surface area (Å²) < 4.78 is 7.86. The first kappa shape index (κ1) is 23.9. The van der Waals surface area contributed by atoms with E-state index in [1.165, 1.54) is 5.56 Å². The highest BCUT2D eigenvalue weighted by Crippen LogP contribution is 2.24. The predicted octanol–water partition coefficient (Wildman–Crippen LogP) is 4.07. The number of nitrogens with one attached hydrogen (secondary N) is 1. The zero-order valence-electron chi connectivity index (χ0n) is 20.2. The molecule has 3 heterocycles. The Morgan fingerprint density at radius 1 is 1.15 bits per heavy atom. The molecule has 3 aromatic rings. The number of ether oxygens (including phenoxy) is 1. The molecule has 2 aromatic heterocycles. The Labute approximate surface area is 201 Å². The van der Waals surface area contributed by atoms with E-state index in [2.05, 4.69) is 27.0 Å². The monoisotopic (exact) mass is 459 g/mol. The van der Waals surface area contributed by atoms with E-state index >= 15 is 0 Å². The molecule has 1 aliphatic heterocycles. The lowest BCUT2D eigenvalue weighted by Gasteiger charge is -2.35. The van der Waals surface area contributed by atoms with Crippen molar-refractivity contribution in [3.8, 4) is 0 Å². The minimum Gasteiger partial charge on any atom is -0.375 e. The zero-order valence-corrected chi connectivity index (χ0v) is 20.2. The van der Waals surface area contributed by atoms with Crippen LogP contribution in [0.3, 0.4) is 0 Å². The van der Waals surface area contributed by atoms with Crippen LogP contribution < -0.4 is 10.7 Å². The number of amides is 1. The molecular weight excluding hydrogens is 426 g/mol. The van der Waals surface area contributed by atoms with Crippen LogP contribution in [-0.2, 0) is 24.1 Å². The number of benzene rings is 1. The van der Waals surface area contributed by atoms with Crippen LogP contribution in [-0.4, -0.2) is 33.7 Å². The van der Waals surface area contributed by atoms with Crippen LogP contribution in [0.25, 0.3) is 0 Å². The first-order valence-corrected chi connectivity index (χ1v) is 11.9. The van der Waals surface area contributed by atoms with E-state index in [0.29, 0.717) is 26.0 Å². The molecule has 1 aromatic carbocycles. The number of hydrogen-bond acceptors (Lipinski definition) is 4. The molecule has 34 heavy (non-hydrogen) atoms. The molecule has 178 valence electrons. The molecule has 0 radical (unpaired) electrons. The lowest BCUT2D eigenvalue weighted by molar-refractivity contribution is -0.0615. The molecule has 1 unspecified atom stereocenters. The Morgan fingerprint density at radius 2 is 1.91 bits per heavy atom. The highest BCUT2D eigenvalue weighted by molar-refractivity contribution is 5.95. The maximum atomic E-state index is 13.5. The third kappa shape index (κ3) is 5.81. The SMILES string of the molecule is Cc1cc(=O)c(C(=O)NC2CCOC(C)(C)C2)c(CCc2ccccc2)n1Cc1ccccn1. The second kappa shape index (κ2) is 10.3. The quantitative estimate of drug-likeness (QED) is 0.578. The fourth-order valence-corrected chi connectivity index (χ4v) is 4.73. The summed E-state index contributed by atoms with van der Waals surface area (Å²) in [5, 5.41) is 3.13. The number of rotatable bonds is 7. The predicted molar refractivity (Wildman–Crippen MR) is 133 cm³/mol. The van der Waals surface area contributed by atoms with Crippen LogP contribution >= 0.6 is 0 Å². The summed E-state index contributed by atoms with van der Waals surface area (Å²) in [7, 11) is 0. The molecule has 1 saturated heterocycles. The lowest BCUT2D eigenvalue weighted by atomic mass is 9.93. The first-order valence-electron chi connectivity index (χ1n) is 11.9. The highest BCUT2D eigenvalue weighted by atomic mass is 16.5. The van der Waals surface area contributed by atoms with Crippen molar-refractivity contribution in [2.75, 3.05) is 6.61 Å². The van der Waals surface area contributed by atoms with Crippen molar-refractivity contribution in [1.29, 1.82) is 0 Å². The van der Waals surface area contributed by atoms with Gasteiger partial charge >= 0.3 is 0 Å². The largest absolute Gasteiger partial charge is 0.375 e. The second-order valence-corrected chi connectivity index (χ2v) is 9.64. The van der Waals surface area contributed by atoms with Gasteiger partial charge in [-0.2, -0.15) is 0 Å². The van der Waals surface area contributed by atoms with Crippen molar-refractivity contribution < 1.29 is 9.53 Å². The molecule has 1 amide bonds. The fraction of sp³-hybridized carbons (Fsp3) is 0.393. The van der Waals surface area contributed by atoms with E-state index in [1.54, 1.807) is 12.3 Å². The summed E-state index contributed by atoms with van der Waals surface area (Å²) in [5.41, 5.74) is 3.33. The standard InChI is InChI=1S/C28H33N3O3/c1-20-17-25(32)26(27(33)30-22-14-16-34-28(2,3)18-22)24(13-12-21-9-5-4-6-10-21)31(20)19-23-11-7-8-15-29-23/h4-11,15,17,22H,12-14,16,18-19H2,1-3H3,(H,30,33). The van der Waals surface area contributed by atoms with E-state index in [9.17, 15) is 9.59 Å². The van der Waals surface area contributed by atoms with E-state index in [0.717, 1.165) is 29.9 Å². The van der Waals surface area contributed by atoms with Crippen molar-refractivity contribution in [3.05, 3.63) is 99.2 Å². The average Bonchev–Trinajstić information content (AvgIpc) is 2.80. The van der Waals surface area contributed by atoms with Gasteiger partial charge in [-0.25, -0.2) is 0 Å². The highest BCUT2D eigenvalue weighted by Gasteiger charge is 2.31. The number of hydrogen-bond donors (Lipinski definition) is 1. The Kier molecular flexibility index (Phi) is 7.27. The third-order valence-electron chi connectivity index (χ3n) is 6.43. The number of carbonyl (C=O) groups excluding carboxylic acids is 1. The van der Waals surface area contributed by atoms with Crippen LogP contribution in [0.15, 0.2) is 65.6 Å². The molecule has 1 aliphatic rings. The summed E-state index contributed by atoms with van der Waals surface area (Å²) in [6.45, 7) is 7.07. The number of aromatic nitrogens is 2. The first-order chi connectivity index (χ1) is 16.3. The summed E-state index contributed by atoms with van der Waals surface area (Å²) in [5.74, 6) is -0.300. The maximum absolute atomic E-state index is 13.5. The molecule has 0 spiro atoms. The number of aryl methyl sites for hydroxylation is 2. The van der Waals surface area contributed by atoms with Gasteiger partial charge in [0.2, 0.25) is 0 Å². The van der Waals surface area contributed by atoms with Crippen LogP contribution in [0.2, 0.25) is 0 Å². The molecule has 6 nitrogen and oxygen atoms in total.